The molecular weight excluding hydrogens is 180 g/mol. The molecule has 0 aliphatic rings. The van der Waals surface area contributed by atoms with Crippen molar-refractivity contribution in [2.45, 2.75) is 38.3 Å². The molecule has 0 fully saturated rings. The van der Waals surface area contributed by atoms with Gasteiger partial charge >= 0.3 is 0 Å². The van der Waals surface area contributed by atoms with Crippen molar-refractivity contribution in [1.82, 2.24) is 5.32 Å². The summed E-state index contributed by atoms with van der Waals surface area (Å²) >= 11 is 0. The van der Waals surface area contributed by atoms with Gasteiger partial charge in [-0.25, -0.2) is 0 Å². The Morgan fingerprint density at radius 3 is 2.86 bits per heavy atom. The predicted molar refractivity (Wildman–Crippen MR) is 56.7 cm³/mol. The molecule has 4 nitrogen and oxygen atoms in total. The minimum Gasteiger partial charge on any atom is -0.382 e. The van der Waals surface area contributed by atoms with Crippen LogP contribution < -0.4 is 11.1 Å². The van der Waals surface area contributed by atoms with Gasteiger partial charge in [0, 0.05) is 12.6 Å². The fourth-order valence-electron chi connectivity index (χ4n) is 1.07. The van der Waals surface area contributed by atoms with Gasteiger partial charge in [0.25, 0.3) is 5.91 Å². The van der Waals surface area contributed by atoms with Crippen molar-refractivity contribution in [3.63, 3.8) is 0 Å². The molecule has 0 bridgehead atoms. The van der Waals surface area contributed by atoms with Gasteiger partial charge in [-0.2, -0.15) is 0 Å². The van der Waals surface area contributed by atoms with Crippen molar-refractivity contribution in [2.75, 3.05) is 6.54 Å². The Morgan fingerprint density at radius 2 is 2.36 bits per heavy atom. The van der Waals surface area contributed by atoms with Crippen LogP contribution in [0.3, 0.4) is 0 Å². The number of rotatable bonds is 7. The molecule has 14 heavy (non-hydrogen) atoms. The second-order valence-corrected chi connectivity index (χ2v) is 3.28. The van der Waals surface area contributed by atoms with Crippen LogP contribution in [0.4, 0.5) is 0 Å². The molecule has 0 aromatic rings. The summed E-state index contributed by atoms with van der Waals surface area (Å²) in [5, 5.41) is 12.0. The lowest BCUT2D eigenvalue weighted by Crippen LogP contribution is -2.46. The lowest BCUT2D eigenvalue weighted by atomic mass is 10.0. The van der Waals surface area contributed by atoms with Gasteiger partial charge < -0.3 is 16.2 Å². The van der Waals surface area contributed by atoms with E-state index in [1.54, 1.807) is 6.08 Å². The van der Waals surface area contributed by atoms with Crippen LogP contribution in [0, 0.1) is 0 Å². The molecule has 0 aliphatic carbocycles. The molecule has 0 aromatic carbocycles. The highest BCUT2D eigenvalue weighted by Gasteiger charge is 2.21. The van der Waals surface area contributed by atoms with E-state index in [-0.39, 0.29) is 0 Å². The van der Waals surface area contributed by atoms with Crippen LogP contribution in [0.25, 0.3) is 0 Å². The lowest BCUT2D eigenvalue weighted by Gasteiger charge is -2.17. The summed E-state index contributed by atoms with van der Waals surface area (Å²) in [5.41, 5.74) is 5.64. The zero-order valence-corrected chi connectivity index (χ0v) is 8.70. The largest absolute Gasteiger partial charge is 0.382 e. The highest BCUT2D eigenvalue weighted by Crippen LogP contribution is 2.02. The number of unbranched alkanes of at least 4 members (excludes halogenated alkanes) is 1. The molecule has 0 saturated carbocycles. The molecule has 4 N–H and O–H groups in total. The summed E-state index contributed by atoms with van der Waals surface area (Å²) < 4.78 is 0. The van der Waals surface area contributed by atoms with Crippen LogP contribution in [0.5, 0.6) is 0 Å². The number of hydrogen-bond donors (Lipinski definition) is 3. The first-order chi connectivity index (χ1) is 6.63. The van der Waals surface area contributed by atoms with Gasteiger partial charge in [0.05, 0.1) is 0 Å². The topological polar surface area (TPSA) is 75.3 Å². The number of amides is 1. The van der Waals surface area contributed by atoms with Gasteiger partial charge in [-0.15, -0.1) is 6.58 Å². The van der Waals surface area contributed by atoms with E-state index in [1.807, 2.05) is 6.92 Å². The van der Waals surface area contributed by atoms with E-state index in [0.29, 0.717) is 13.0 Å². The van der Waals surface area contributed by atoms with Gasteiger partial charge in [0.15, 0.2) is 0 Å². The lowest BCUT2D eigenvalue weighted by molar-refractivity contribution is -0.130. The van der Waals surface area contributed by atoms with E-state index in [2.05, 4.69) is 11.9 Å². The monoisotopic (exact) mass is 200 g/mol. The normalized spacial score (nSPS) is 14.5. The Hall–Kier alpha value is -0.870. The molecule has 0 aliphatic heterocycles. The SMILES string of the molecule is C=CCNC(=O)C(O)[C@@H](N)CCCC. The Labute approximate surface area is 85.2 Å². The van der Waals surface area contributed by atoms with Gasteiger partial charge in [-0.1, -0.05) is 25.8 Å². The maximum absolute atomic E-state index is 11.2. The predicted octanol–water partition coefficient (Wildman–Crippen LogP) is 0.167. The summed E-state index contributed by atoms with van der Waals surface area (Å²) in [6.45, 7) is 5.85. The minimum absolute atomic E-state index is 0.358. The number of carbonyl (C=O) groups excluding carboxylic acids is 1. The third kappa shape index (κ3) is 4.99. The molecular formula is C10H20N2O2. The van der Waals surface area contributed by atoms with Crippen molar-refractivity contribution in [3.05, 3.63) is 12.7 Å². The van der Waals surface area contributed by atoms with Crippen LogP contribution in [0.1, 0.15) is 26.2 Å². The van der Waals surface area contributed by atoms with Crippen LogP contribution in [0.15, 0.2) is 12.7 Å². The van der Waals surface area contributed by atoms with E-state index in [4.69, 9.17) is 5.73 Å². The molecule has 0 saturated heterocycles. The highest BCUT2D eigenvalue weighted by molar-refractivity contribution is 5.81. The quantitative estimate of drug-likeness (QED) is 0.513. The van der Waals surface area contributed by atoms with Crippen molar-refractivity contribution in [3.8, 4) is 0 Å². The van der Waals surface area contributed by atoms with Crippen LogP contribution in [-0.4, -0.2) is 29.7 Å². The maximum Gasteiger partial charge on any atom is 0.250 e. The van der Waals surface area contributed by atoms with Gasteiger partial charge in [-0.05, 0) is 6.42 Å². The van der Waals surface area contributed by atoms with Gasteiger partial charge in [0.1, 0.15) is 6.10 Å². The van der Waals surface area contributed by atoms with E-state index in [1.165, 1.54) is 0 Å². The fourth-order valence-corrected chi connectivity index (χ4v) is 1.07. The molecule has 82 valence electrons. The van der Waals surface area contributed by atoms with Crippen LogP contribution in [-0.2, 0) is 4.79 Å². The molecule has 1 unspecified atom stereocenters. The average Bonchev–Trinajstić information content (AvgIpc) is 2.21. The van der Waals surface area contributed by atoms with Crippen molar-refractivity contribution in [2.24, 2.45) is 5.73 Å². The van der Waals surface area contributed by atoms with E-state index >= 15 is 0 Å². The molecule has 0 rings (SSSR count). The summed E-state index contributed by atoms with van der Waals surface area (Å²) in [7, 11) is 0. The fraction of sp³-hybridized carbons (Fsp3) is 0.700. The number of aliphatic hydroxyl groups is 1. The number of nitrogens with two attached hydrogens (primary N) is 1. The maximum atomic E-state index is 11.2. The van der Waals surface area contributed by atoms with Gasteiger partial charge in [0.2, 0.25) is 0 Å². The summed E-state index contributed by atoms with van der Waals surface area (Å²) in [6, 6.07) is -0.472. The number of hydrogen-bond acceptors (Lipinski definition) is 3. The third-order valence-electron chi connectivity index (χ3n) is 1.99. The molecule has 0 radical (unpaired) electrons. The van der Waals surface area contributed by atoms with Crippen molar-refractivity contribution < 1.29 is 9.90 Å². The van der Waals surface area contributed by atoms with Crippen molar-refractivity contribution >= 4 is 5.91 Å². The van der Waals surface area contributed by atoms with E-state index < -0.39 is 18.1 Å². The first-order valence-electron chi connectivity index (χ1n) is 4.95. The minimum atomic E-state index is -1.11. The third-order valence-corrected chi connectivity index (χ3v) is 1.99. The molecule has 4 heteroatoms. The molecule has 0 heterocycles. The summed E-state index contributed by atoms with van der Waals surface area (Å²) in [4.78, 5) is 11.2. The summed E-state index contributed by atoms with van der Waals surface area (Å²) in [5.74, 6) is -0.423. The van der Waals surface area contributed by atoms with Gasteiger partial charge in [-0.3, -0.25) is 4.79 Å². The van der Waals surface area contributed by atoms with Crippen molar-refractivity contribution in [1.29, 1.82) is 0 Å². The first-order valence-corrected chi connectivity index (χ1v) is 4.95. The highest BCUT2D eigenvalue weighted by atomic mass is 16.3. The average molecular weight is 200 g/mol. The molecule has 0 aromatic heterocycles. The number of aliphatic hydroxyl groups excluding tert-OH is 1. The summed E-state index contributed by atoms with van der Waals surface area (Å²) in [6.07, 6.45) is 3.05. The second kappa shape index (κ2) is 7.53. The molecule has 1 amide bonds. The standard InChI is InChI=1S/C10H20N2O2/c1-3-5-6-8(11)9(13)10(14)12-7-4-2/h4,8-9,13H,2-3,5-7,11H2,1H3,(H,12,14)/t8-,9?/m0/s1. The van der Waals surface area contributed by atoms with Crippen LogP contribution in [0.2, 0.25) is 0 Å². The zero-order chi connectivity index (χ0) is 11.0. The Bertz CT molecular complexity index is 183. The Balaban J connectivity index is 3.83. The first kappa shape index (κ1) is 13.1. The second-order valence-electron chi connectivity index (χ2n) is 3.28. The van der Waals surface area contributed by atoms with Crippen LogP contribution >= 0.6 is 0 Å². The number of carbonyl (C=O) groups is 1. The van der Waals surface area contributed by atoms with E-state index in [9.17, 15) is 9.90 Å². The van der Waals surface area contributed by atoms with E-state index in [0.717, 1.165) is 12.8 Å². The Morgan fingerprint density at radius 1 is 1.71 bits per heavy atom. The molecule has 0 spiro atoms. The Kier molecular flexibility index (Phi) is 7.06. The molecule has 2 atom stereocenters. The zero-order valence-electron chi connectivity index (χ0n) is 8.70. The smallest absolute Gasteiger partial charge is 0.250 e. The number of nitrogens with one attached hydrogen (secondary N) is 1.